The Labute approximate surface area is 199 Å². The number of carboxylic acids is 1. The molecule has 1 aromatic heterocycles. The number of phenolic OH excluding ortho intramolecular Hbond substituents is 1. The number of carbonyl (C=O) groups is 1. The van der Waals surface area contributed by atoms with Gasteiger partial charge >= 0.3 is 0 Å². The van der Waals surface area contributed by atoms with Crippen molar-refractivity contribution in [3.05, 3.63) is 74.1 Å². The molecule has 1 atom stereocenters. The molecule has 5 N–H and O–H groups in total. The van der Waals surface area contributed by atoms with Crippen molar-refractivity contribution in [2.24, 2.45) is 0 Å². The number of hydrogen-bond donors (Lipinski definition) is 5. The smallest absolute Gasteiger partial charge is 0.300 e. The lowest BCUT2D eigenvalue weighted by Gasteiger charge is -2.18. The number of aliphatic hydroxyl groups is 1. The summed E-state index contributed by atoms with van der Waals surface area (Å²) in [6, 6.07) is 10.0. The first kappa shape index (κ1) is 25.5. The Morgan fingerprint density at radius 3 is 2.21 bits per heavy atom. The molecule has 0 bridgehead atoms. The van der Waals surface area contributed by atoms with E-state index in [9.17, 15) is 15.0 Å². The van der Waals surface area contributed by atoms with E-state index in [0.29, 0.717) is 34.6 Å². The molecule has 34 heavy (non-hydrogen) atoms. The summed E-state index contributed by atoms with van der Waals surface area (Å²) in [6.45, 7) is 7.64. The highest BCUT2D eigenvalue weighted by atomic mass is 16.4. The molecule has 7 heteroatoms. The van der Waals surface area contributed by atoms with E-state index >= 15 is 0 Å². The molecule has 1 aliphatic rings. The molecule has 3 aromatic rings. The first-order valence-corrected chi connectivity index (χ1v) is 11.7. The Morgan fingerprint density at radius 2 is 1.68 bits per heavy atom. The number of carboxylic acid groups (broad SMARTS) is 1. The summed E-state index contributed by atoms with van der Waals surface area (Å²) in [5, 5.41) is 32.6. The van der Waals surface area contributed by atoms with Gasteiger partial charge in [-0.05, 0) is 72.6 Å². The van der Waals surface area contributed by atoms with Gasteiger partial charge in [-0.1, -0.05) is 32.0 Å². The number of nitrogens with one attached hydrogen (secondary N) is 2. The minimum absolute atomic E-state index is 0.00992. The van der Waals surface area contributed by atoms with Crippen LogP contribution in [-0.4, -0.2) is 38.9 Å². The van der Waals surface area contributed by atoms with Crippen molar-refractivity contribution in [3.8, 4) is 5.75 Å². The molecule has 0 saturated carbocycles. The third-order valence-corrected chi connectivity index (χ3v) is 6.39. The summed E-state index contributed by atoms with van der Waals surface area (Å²) in [6.07, 6.45) is 3.33. The van der Waals surface area contributed by atoms with E-state index in [1.807, 2.05) is 0 Å². The van der Waals surface area contributed by atoms with Crippen molar-refractivity contribution in [2.75, 3.05) is 6.54 Å². The van der Waals surface area contributed by atoms with Crippen LogP contribution in [-0.2, 0) is 30.5 Å². The van der Waals surface area contributed by atoms with Crippen LogP contribution in [0.4, 0.5) is 0 Å². The molecule has 0 aliphatic heterocycles. The van der Waals surface area contributed by atoms with E-state index in [2.05, 4.69) is 36.3 Å². The molecule has 0 fully saturated rings. The van der Waals surface area contributed by atoms with Gasteiger partial charge in [-0.2, -0.15) is 0 Å². The average molecular weight is 467 g/mol. The van der Waals surface area contributed by atoms with Crippen LogP contribution in [0.1, 0.15) is 60.3 Å². The van der Waals surface area contributed by atoms with Crippen LogP contribution in [0.5, 0.6) is 5.75 Å². The largest absolute Gasteiger partial charge is 0.506 e. The van der Waals surface area contributed by atoms with Gasteiger partial charge in [0.25, 0.3) is 11.5 Å². The third kappa shape index (κ3) is 5.66. The van der Waals surface area contributed by atoms with Gasteiger partial charge in [0.15, 0.2) is 0 Å². The number of hydrogen-bond acceptors (Lipinski definition) is 5. The topological polar surface area (TPSA) is 123 Å². The Balaban J connectivity index is 0.000000751. The maximum Gasteiger partial charge on any atom is 0.300 e. The number of H-pyrrole nitrogens is 1. The first-order chi connectivity index (χ1) is 16.1. The maximum atomic E-state index is 11.9. The quantitative estimate of drug-likeness (QED) is 0.379. The van der Waals surface area contributed by atoms with Crippen molar-refractivity contribution < 1.29 is 20.1 Å². The zero-order chi connectivity index (χ0) is 25.0. The van der Waals surface area contributed by atoms with E-state index in [1.54, 1.807) is 19.1 Å². The number of aliphatic carboxylic acids is 1. The summed E-state index contributed by atoms with van der Waals surface area (Å²) < 4.78 is 0. The zero-order valence-electron chi connectivity index (χ0n) is 20.2. The van der Waals surface area contributed by atoms with E-state index in [1.165, 1.54) is 28.3 Å². The Hall–Kier alpha value is -3.16. The number of pyridine rings is 1. The highest BCUT2D eigenvalue weighted by Crippen LogP contribution is 2.30. The molecule has 0 spiro atoms. The highest BCUT2D eigenvalue weighted by Gasteiger charge is 2.24. The van der Waals surface area contributed by atoms with Crippen molar-refractivity contribution in [1.82, 2.24) is 10.3 Å². The second-order valence-corrected chi connectivity index (χ2v) is 8.89. The van der Waals surface area contributed by atoms with Crippen LogP contribution in [0.3, 0.4) is 0 Å². The van der Waals surface area contributed by atoms with Crippen LogP contribution >= 0.6 is 0 Å². The lowest BCUT2D eigenvalue weighted by Crippen LogP contribution is -2.33. The van der Waals surface area contributed by atoms with Gasteiger partial charge in [0, 0.05) is 30.5 Å². The summed E-state index contributed by atoms with van der Waals surface area (Å²) in [7, 11) is 0. The molecule has 1 unspecified atom stereocenters. The number of rotatable bonds is 6. The number of aromatic nitrogens is 1. The Morgan fingerprint density at radius 1 is 1.12 bits per heavy atom. The molecule has 2 aromatic carbocycles. The van der Waals surface area contributed by atoms with Crippen LogP contribution < -0.4 is 10.9 Å². The fourth-order valence-electron chi connectivity index (χ4n) is 4.66. The van der Waals surface area contributed by atoms with Gasteiger partial charge in [0.05, 0.1) is 11.6 Å². The third-order valence-electron chi connectivity index (χ3n) is 6.39. The number of phenols is 1. The standard InChI is InChI=1S/C25H30N2O3.C2H4O2/c1-4-15-9-17-11-19(12-18(17)10-16(15)5-2)26-13-23(29)20-6-7-22(28)24-21(20)8-14(3)25(30)27-24;1-2(3)4/h6-10,19,23,26,28-29H,4-5,11-13H2,1-3H3,(H,27,30);1H3,(H,3,4). The monoisotopic (exact) mass is 466 g/mol. The second-order valence-electron chi connectivity index (χ2n) is 8.89. The predicted octanol–water partition coefficient (Wildman–Crippen LogP) is 3.55. The molecule has 0 radical (unpaired) electrons. The predicted molar refractivity (Wildman–Crippen MR) is 134 cm³/mol. The fraction of sp³-hybridized carbons (Fsp3) is 0.407. The van der Waals surface area contributed by atoms with Crippen molar-refractivity contribution in [1.29, 1.82) is 0 Å². The fourth-order valence-corrected chi connectivity index (χ4v) is 4.66. The van der Waals surface area contributed by atoms with E-state index in [4.69, 9.17) is 9.90 Å². The number of aromatic amines is 1. The van der Waals surface area contributed by atoms with Crippen LogP contribution in [0, 0.1) is 6.92 Å². The van der Waals surface area contributed by atoms with Crippen molar-refractivity contribution in [2.45, 2.75) is 65.5 Å². The first-order valence-electron chi connectivity index (χ1n) is 11.7. The average Bonchev–Trinajstić information content (AvgIpc) is 3.19. The Kier molecular flexibility index (Phi) is 8.12. The highest BCUT2D eigenvalue weighted by molar-refractivity contribution is 5.88. The molecule has 1 aliphatic carbocycles. The molecule has 0 amide bonds. The van der Waals surface area contributed by atoms with Crippen LogP contribution in [0.15, 0.2) is 35.1 Å². The number of aromatic hydroxyl groups is 1. The lowest BCUT2D eigenvalue weighted by atomic mass is 9.97. The Bertz CT molecular complexity index is 1210. The van der Waals surface area contributed by atoms with E-state index in [0.717, 1.165) is 32.6 Å². The SMILES string of the molecule is CC(=O)O.CCc1cc2c(cc1CC)CC(NCC(O)c1ccc(O)c3[nH]c(=O)c(C)cc13)C2. The minimum atomic E-state index is -0.833. The number of aryl methyl sites for hydroxylation is 3. The van der Waals surface area contributed by atoms with Gasteiger partial charge in [0.1, 0.15) is 5.75 Å². The molecule has 182 valence electrons. The van der Waals surface area contributed by atoms with Crippen LogP contribution in [0.2, 0.25) is 0 Å². The number of benzene rings is 2. The second kappa shape index (κ2) is 10.8. The molecule has 0 saturated heterocycles. The van der Waals surface area contributed by atoms with Gasteiger partial charge in [-0.25, -0.2) is 0 Å². The van der Waals surface area contributed by atoms with Crippen molar-refractivity contribution >= 4 is 16.9 Å². The normalized spacial score (nSPS) is 13.9. The minimum Gasteiger partial charge on any atom is -0.506 e. The van der Waals surface area contributed by atoms with E-state index in [-0.39, 0.29) is 11.3 Å². The lowest BCUT2D eigenvalue weighted by molar-refractivity contribution is -0.134. The van der Waals surface area contributed by atoms with Crippen molar-refractivity contribution in [3.63, 3.8) is 0 Å². The summed E-state index contributed by atoms with van der Waals surface area (Å²) >= 11 is 0. The van der Waals surface area contributed by atoms with Gasteiger partial charge in [-0.15, -0.1) is 0 Å². The van der Waals surface area contributed by atoms with Gasteiger partial charge < -0.3 is 25.6 Å². The number of fused-ring (bicyclic) bond motifs is 2. The summed E-state index contributed by atoms with van der Waals surface area (Å²) in [4.78, 5) is 23.6. The van der Waals surface area contributed by atoms with Crippen LogP contribution in [0.25, 0.3) is 10.9 Å². The zero-order valence-corrected chi connectivity index (χ0v) is 20.2. The molecule has 4 rings (SSSR count). The molecular formula is C27H34N2O5. The molecular weight excluding hydrogens is 432 g/mol. The molecule has 7 nitrogen and oxygen atoms in total. The summed E-state index contributed by atoms with van der Waals surface area (Å²) in [5.74, 6) is -0.823. The van der Waals surface area contributed by atoms with Gasteiger partial charge in [-0.3, -0.25) is 9.59 Å². The summed E-state index contributed by atoms with van der Waals surface area (Å²) in [5.41, 5.74) is 7.11. The van der Waals surface area contributed by atoms with E-state index < -0.39 is 12.1 Å². The van der Waals surface area contributed by atoms with Gasteiger partial charge in [0.2, 0.25) is 0 Å². The number of aliphatic hydroxyl groups excluding tert-OH is 1. The molecule has 1 heterocycles. The maximum absolute atomic E-state index is 11.9.